The molecule has 132 valence electrons. The molecule has 0 saturated heterocycles. The normalized spacial score (nSPS) is 16.1. The first-order chi connectivity index (χ1) is 12.0. The monoisotopic (exact) mass is 337 g/mol. The Morgan fingerprint density at radius 2 is 1.76 bits per heavy atom. The maximum atomic E-state index is 10.9. The predicted octanol–water partition coefficient (Wildman–Crippen LogP) is 4.60. The smallest absolute Gasteiger partial charge is 0.335 e. The topological polar surface area (TPSA) is 49.3 Å². The lowest BCUT2D eigenvalue weighted by Gasteiger charge is -2.32. The van der Waals surface area contributed by atoms with Crippen LogP contribution in [0, 0.1) is 13.8 Å². The van der Waals surface area contributed by atoms with E-state index in [0.717, 1.165) is 18.7 Å². The van der Waals surface area contributed by atoms with Crippen molar-refractivity contribution in [1.82, 2.24) is 5.32 Å². The van der Waals surface area contributed by atoms with E-state index in [1.165, 1.54) is 42.4 Å². The van der Waals surface area contributed by atoms with E-state index in [2.05, 4.69) is 37.4 Å². The van der Waals surface area contributed by atoms with Gasteiger partial charge >= 0.3 is 5.97 Å². The Kier molecular flexibility index (Phi) is 5.24. The molecule has 2 aromatic carbocycles. The lowest BCUT2D eigenvalue weighted by Crippen LogP contribution is -2.36. The predicted molar refractivity (Wildman–Crippen MR) is 101 cm³/mol. The minimum absolute atomic E-state index is 0.235. The lowest BCUT2D eigenvalue weighted by molar-refractivity contribution is 0.0697. The number of benzene rings is 2. The van der Waals surface area contributed by atoms with Gasteiger partial charge in [0.2, 0.25) is 0 Å². The molecule has 1 aliphatic rings. The van der Waals surface area contributed by atoms with Gasteiger partial charge in [-0.2, -0.15) is 0 Å². The van der Waals surface area contributed by atoms with Crippen LogP contribution in [0.4, 0.5) is 0 Å². The number of carboxylic acids is 1. The van der Waals surface area contributed by atoms with E-state index in [1.54, 1.807) is 12.1 Å². The number of aryl methyl sites for hydroxylation is 2. The molecule has 0 spiro atoms. The van der Waals surface area contributed by atoms with Crippen LogP contribution in [0.5, 0.6) is 0 Å². The van der Waals surface area contributed by atoms with E-state index < -0.39 is 5.97 Å². The second kappa shape index (κ2) is 7.40. The van der Waals surface area contributed by atoms with Crippen LogP contribution in [0.1, 0.15) is 58.3 Å². The zero-order valence-corrected chi connectivity index (χ0v) is 15.1. The molecule has 2 aromatic rings. The van der Waals surface area contributed by atoms with Crippen molar-refractivity contribution in [3.8, 4) is 0 Å². The third kappa shape index (κ3) is 3.93. The highest BCUT2D eigenvalue weighted by Gasteiger charge is 2.36. The Morgan fingerprint density at radius 3 is 2.36 bits per heavy atom. The molecule has 1 saturated carbocycles. The fourth-order valence-corrected chi connectivity index (χ4v) is 4.21. The molecule has 3 rings (SSSR count). The van der Waals surface area contributed by atoms with E-state index >= 15 is 0 Å². The summed E-state index contributed by atoms with van der Waals surface area (Å²) in [6.07, 6.45) is 5.06. The average molecular weight is 337 g/mol. The van der Waals surface area contributed by atoms with Crippen molar-refractivity contribution in [3.05, 3.63) is 70.3 Å². The molecule has 0 radical (unpaired) electrons. The van der Waals surface area contributed by atoms with Gasteiger partial charge in [0, 0.05) is 18.5 Å². The van der Waals surface area contributed by atoms with E-state index in [9.17, 15) is 4.79 Å². The first-order valence-corrected chi connectivity index (χ1v) is 9.11. The number of nitrogens with one attached hydrogen (secondary N) is 1. The van der Waals surface area contributed by atoms with E-state index in [1.807, 2.05) is 12.1 Å². The Bertz CT molecular complexity index is 743. The molecule has 1 fully saturated rings. The fourth-order valence-electron chi connectivity index (χ4n) is 4.21. The summed E-state index contributed by atoms with van der Waals surface area (Å²) >= 11 is 0. The average Bonchev–Trinajstić information content (AvgIpc) is 3.05. The summed E-state index contributed by atoms with van der Waals surface area (Å²) < 4.78 is 0. The van der Waals surface area contributed by atoms with Crippen molar-refractivity contribution < 1.29 is 9.90 Å². The third-order valence-electron chi connectivity index (χ3n) is 5.51. The molecule has 0 aliphatic heterocycles. The zero-order valence-electron chi connectivity index (χ0n) is 15.1. The molecular formula is C22H27NO2. The van der Waals surface area contributed by atoms with Gasteiger partial charge in [0.25, 0.3) is 0 Å². The van der Waals surface area contributed by atoms with Crippen LogP contribution in [0.2, 0.25) is 0 Å². The number of hydrogen-bond donors (Lipinski definition) is 2. The molecule has 0 aromatic heterocycles. The number of hydrogen-bond acceptors (Lipinski definition) is 2. The molecule has 25 heavy (non-hydrogen) atoms. The molecule has 0 heterocycles. The van der Waals surface area contributed by atoms with Crippen LogP contribution >= 0.6 is 0 Å². The van der Waals surface area contributed by atoms with Crippen molar-refractivity contribution in [3.63, 3.8) is 0 Å². The van der Waals surface area contributed by atoms with Crippen molar-refractivity contribution >= 4 is 5.97 Å². The van der Waals surface area contributed by atoms with Gasteiger partial charge in [-0.05, 0) is 55.5 Å². The number of carboxylic acid groups (broad SMARTS) is 1. The number of rotatable bonds is 6. The highest BCUT2D eigenvalue weighted by atomic mass is 16.4. The third-order valence-corrected chi connectivity index (χ3v) is 5.51. The van der Waals surface area contributed by atoms with E-state index in [4.69, 9.17) is 5.11 Å². The van der Waals surface area contributed by atoms with Gasteiger partial charge in [-0.15, -0.1) is 0 Å². The van der Waals surface area contributed by atoms with Crippen molar-refractivity contribution in [2.45, 2.75) is 51.5 Å². The molecule has 0 unspecified atom stereocenters. The molecular weight excluding hydrogens is 310 g/mol. The summed E-state index contributed by atoms with van der Waals surface area (Å²) in [4.78, 5) is 10.9. The fraction of sp³-hybridized carbons (Fsp3) is 0.409. The van der Waals surface area contributed by atoms with Crippen molar-refractivity contribution in [2.24, 2.45) is 0 Å². The molecule has 3 nitrogen and oxygen atoms in total. The molecule has 0 amide bonds. The van der Waals surface area contributed by atoms with E-state index in [0.29, 0.717) is 5.56 Å². The maximum absolute atomic E-state index is 10.9. The molecule has 0 atom stereocenters. The summed E-state index contributed by atoms with van der Waals surface area (Å²) in [5.74, 6) is -0.876. The van der Waals surface area contributed by atoms with Crippen LogP contribution < -0.4 is 5.32 Å². The Balaban J connectivity index is 1.69. The van der Waals surface area contributed by atoms with Gasteiger partial charge in [-0.1, -0.05) is 48.7 Å². The SMILES string of the molecule is Cc1ccc(C2(CNCc3ccc(C(=O)O)cc3)CCCC2)c(C)c1. The first-order valence-electron chi connectivity index (χ1n) is 9.11. The number of aromatic carboxylic acids is 1. The Hall–Kier alpha value is -2.13. The highest BCUT2D eigenvalue weighted by molar-refractivity contribution is 5.87. The summed E-state index contributed by atoms with van der Waals surface area (Å²) in [5.41, 5.74) is 5.91. The molecule has 0 bridgehead atoms. The Morgan fingerprint density at radius 1 is 1.08 bits per heavy atom. The second-order valence-electron chi connectivity index (χ2n) is 7.41. The Labute approximate surface area is 150 Å². The maximum Gasteiger partial charge on any atom is 0.335 e. The van der Waals surface area contributed by atoms with Gasteiger partial charge in [-0.3, -0.25) is 0 Å². The largest absolute Gasteiger partial charge is 0.478 e. The minimum atomic E-state index is -0.876. The van der Waals surface area contributed by atoms with Crippen LogP contribution in [0.15, 0.2) is 42.5 Å². The van der Waals surface area contributed by atoms with Gasteiger partial charge in [0.05, 0.1) is 5.56 Å². The summed E-state index contributed by atoms with van der Waals surface area (Å²) in [6.45, 7) is 6.12. The standard InChI is InChI=1S/C22H27NO2/c1-16-5-10-20(17(2)13-16)22(11-3-4-12-22)15-23-14-18-6-8-19(9-7-18)21(24)25/h5-10,13,23H,3-4,11-12,14-15H2,1-2H3,(H,24,25). The van der Waals surface area contributed by atoms with Crippen LogP contribution in [-0.4, -0.2) is 17.6 Å². The quantitative estimate of drug-likeness (QED) is 0.810. The summed E-state index contributed by atoms with van der Waals surface area (Å²) in [6, 6.07) is 14.0. The van der Waals surface area contributed by atoms with Gasteiger partial charge in [0.15, 0.2) is 0 Å². The first kappa shape index (κ1) is 17.7. The lowest BCUT2D eigenvalue weighted by atomic mass is 9.76. The summed E-state index contributed by atoms with van der Waals surface area (Å²) in [5, 5.41) is 12.6. The highest BCUT2D eigenvalue weighted by Crippen LogP contribution is 2.42. The van der Waals surface area contributed by atoms with Gasteiger partial charge in [-0.25, -0.2) is 4.79 Å². The second-order valence-corrected chi connectivity index (χ2v) is 7.41. The van der Waals surface area contributed by atoms with Crippen LogP contribution in [0.3, 0.4) is 0 Å². The molecule has 2 N–H and O–H groups in total. The molecule has 3 heteroatoms. The minimum Gasteiger partial charge on any atom is -0.478 e. The van der Waals surface area contributed by atoms with Crippen LogP contribution in [-0.2, 0) is 12.0 Å². The zero-order chi connectivity index (χ0) is 17.9. The summed E-state index contributed by atoms with van der Waals surface area (Å²) in [7, 11) is 0. The van der Waals surface area contributed by atoms with Crippen LogP contribution in [0.25, 0.3) is 0 Å². The van der Waals surface area contributed by atoms with Crippen molar-refractivity contribution in [1.29, 1.82) is 0 Å². The number of carbonyl (C=O) groups is 1. The van der Waals surface area contributed by atoms with Gasteiger partial charge < -0.3 is 10.4 Å². The van der Waals surface area contributed by atoms with E-state index in [-0.39, 0.29) is 5.41 Å². The molecule has 1 aliphatic carbocycles. The van der Waals surface area contributed by atoms with Crippen molar-refractivity contribution in [2.75, 3.05) is 6.54 Å². The van der Waals surface area contributed by atoms with Gasteiger partial charge in [0.1, 0.15) is 0 Å².